The molecule has 0 spiro atoms. The Bertz CT molecular complexity index is 1860. The van der Waals surface area contributed by atoms with Crippen molar-refractivity contribution >= 4 is 27.8 Å². The maximum atomic E-state index is 14.8. The lowest BCUT2D eigenvalue weighted by Crippen LogP contribution is -2.38. The number of aryl methyl sites for hydroxylation is 1. The smallest absolute Gasteiger partial charge is 0.254 e. The van der Waals surface area contributed by atoms with Gasteiger partial charge in [0.1, 0.15) is 5.58 Å². The molecule has 1 N–H and O–H groups in total. The number of fused-ring (bicyclic) bond motifs is 4. The zero-order valence-corrected chi connectivity index (χ0v) is 23.4. The number of halogens is 1. The summed E-state index contributed by atoms with van der Waals surface area (Å²) in [6.07, 6.45) is 4.73. The Morgan fingerprint density at radius 3 is 2.66 bits per heavy atom. The molecule has 2 aromatic heterocycles. The Labute approximate surface area is 238 Å². The fourth-order valence-electron chi connectivity index (χ4n) is 7.42. The Morgan fingerprint density at radius 1 is 1.05 bits per heavy atom. The number of nitrogens with zero attached hydrogens (tertiary/aromatic N) is 2. The Balaban J connectivity index is 1.21. The van der Waals surface area contributed by atoms with Crippen LogP contribution in [-0.4, -0.2) is 33.1 Å². The predicted molar refractivity (Wildman–Crippen MR) is 158 cm³/mol. The molecular weight excluding hydrogens is 515 g/mol. The van der Waals surface area contributed by atoms with E-state index in [0.29, 0.717) is 34.9 Å². The lowest BCUT2D eigenvalue weighted by atomic mass is 10.0. The highest BCUT2D eigenvalue weighted by Crippen LogP contribution is 2.44. The number of benzene rings is 3. The minimum absolute atomic E-state index is 0.108. The number of carbonyl (C=O) groups excluding carboxylic acids is 1. The largest absolute Gasteiger partial charge is 0.505 e. The molecule has 3 fully saturated rings. The molecule has 1 amide bonds. The monoisotopic (exact) mass is 548 g/mol. The number of amides is 1. The molecule has 3 unspecified atom stereocenters. The second-order valence-electron chi connectivity index (χ2n) is 12.5. The van der Waals surface area contributed by atoms with Crippen molar-refractivity contribution in [2.45, 2.75) is 52.1 Å². The summed E-state index contributed by atoms with van der Waals surface area (Å²) in [5, 5.41) is 12.0. The van der Waals surface area contributed by atoms with Crippen LogP contribution in [0.1, 0.15) is 48.5 Å². The van der Waals surface area contributed by atoms with Gasteiger partial charge < -0.3 is 19.0 Å². The second kappa shape index (κ2) is 8.97. The van der Waals surface area contributed by atoms with Crippen LogP contribution in [0.15, 0.2) is 65.1 Å². The molecule has 2 bridgehead atoms. The van der Waals surface area contributed by atoms with Crippen molar-refractivity contribution in [3.63, 3.8) is 0 Å². The van der Waals surface area contributed by atoms with Gasteiger partial charge in [0, 0.05) is 52.1 Å². The summed E-state index contributed by atoms with van der Waals surface area (Å²) in [4.78, 5) is 15.6. The van der Waals surface area contributed by atoms with Crippen LogP contribution in [0.3, 0.4) is 0 Å². The average Bonchev–Trinajstić information content (AvgIpc) is 3.39. The molecule has 41 heavy (non-hydrogen) atoms. The van der Waals surface area contributed by atoms with E-state index in [9.17, 15) is 14.3 Å². The van der Waals surface area contributed by atoms with Crippen LogP contribution in [0.5, 0.6) is 5.75 Å². The first kappa shape index (κ1) is 24.7. The highest BCUT2D eigenvalue weighted by Gasteiger charge is 2.46. The number of likely N-dealkylation sites (tertiary alicyclic amines) is 1. The minimum Gasteiger partial charge on any atom is -0.505 e. The molecule has 3 aliphatic rings. The lowest BCUT2D eigenvalue weighted by molar-refractivity contribution is 0.0696. The van der Waals surface area contributed by atoms with Gasteiger partial charge in [0.2, 0.25) is 0 Å². The third-order valence-electron chi connectivity index (χ3n) is 10.0. The molecule has 1 saturated heterocycles. The number of rotatable bonds is 5. The molecule has 2 saturated carbocycles. The van der Waals surface area contributed by atoms with E-state index in [1.165, 1.54) is 25.3 Å². The van der Waals surface area contributed by atoms with Crippen molar-refractivity contribution in [2.24, 2.45) is 17.8 Å². The number of aromatic nitrogens is 1. The number of hydrogen-bond acceptors (Lipinski definition) is 3. The Kier molecular flexibility index (Phi) is 5.41. The topological polar surface area (TPSA) is 58.6 Å². The van der Waals surface area contributed by atoms with Gasteiger partial charge in [0.05, 0.1) is 5.69 Å². The Hall–Kier alpha value is -4.06. The summed E-state index contributed by atoms with van der Waals surface area (Å²) in [5.74, 6) is 1.77. The maximum absolute atomic E-state index is 14.8. The molecule has 8 rings (SSSR count). The van der Waals surface area contributed by atoms with Gasteiger partial charge in [-0.1, -0.05) is 37.3 Å². The van der Waals surface area contributed by atoms with Gasteiger partial charge in [0.15, 0.2) is 17.3 Å². The van der Waals surface area contributed by atoms with E-state index in [4.69, 9.17) is 4.42 Å². The van der Waals surface area contributed by atoms with Crippen molar-refractivity contribution in [3.05, 3.63) is 77.6 Å². The third kappa shape index (κ3) is 3.83. The standard InChI is InChI=1S/C35H33FN2O3/c1-19-25-11-13-28(19)38(18-25)35(40)24-10-12-26-20(2)34(41-32(26)16-24)30-15-23-9-8-22(27-4-3-5-31(39)33(27)36)14-29(23)37(30)17-21-6-7-21/h3-5,8-10,12,14-16,19,21,25,28,39H,6-7,11,13,17-18H2,1-2H3. The van der Waals surface area contributed by atoms with Crippen molar-refractivity contribution in [3.8, 4) is 28.3 Å². The number of hydrogen-bond donors (Lipinski definition) is 1. The molecule has 5 nitrogen and oxygen atoms in total. The highest BCUT2D eigenvalue weighted by molar-refractivity contribution is 6.00. The fourth-order valence-corrected chi connectivity index (χ4v) is 7.42. The zero-order chi connectivity index (χ0) is 28.0. The quantitative estimate of drug-likeness (QED) is 0.241. The van der Waals surface area contributed by atoms with Gasteiger partial charge in [-0.3, -0.25) is 4.79 Å². The van der Waals surface area contributed by atoms with E-state index < -0.39 is 5.82 Å². The summed E-state index contributed by atoms with van der Waals surface area (Å²) in [6, 6.07) is 19.1. The van der Waals surface area contributed by atoms with E-state index in [-0.39, 0.29) is 11.7 Å². The lowest BCUT2D eigenvalue weighted by Gasteiger charge is -2.27. The SMILES string of the molecule is Cc1c(-c2cc3ccc(-c4cccc(O)c4F)cc3n2CC2CC2)oc2cc(C(=O)N3CC4CCC3C4C)ccc12. The zero-order valence-electron chi connectivity index (χ0n) is 23.4. The fraction of sp³-hybridized carbons (Fsp3) is 0.343. The van der Waals surface area contributed by atoms with Gasteiger partial charge in [0.25, 0.3) is 5.91 Å². The summed E-state index contributed by atoms with van der Waals surface area (Å²) >= 11 is 0. The van der Waals surface area contributed by atoms with Crippen molar-refractivity contribution in [2.75, 3.05) is 6.54 Å². The molecule has 0 radical (unpaired) electrons. The van der Waals surface area contributed by atoms with Gasteiger partial charge in [-0.15, -0.1) is 0 Å². The first-order valence-electron chi connectivity index (χ1n) is 14.8. The molecular formula is C35H33FN2O3. The van der Waals surface area contributed by atoms with Crippen LogP contribution < -0.4 is 0 Å². The number of phenols is 1. The van der Waals surface area contributed by atoms with E-state index in [1.807, 2.05) is 36.4 Å². The molecule has 3 atom stereocenters. The molecule has 1 aliphatic heterocycles. The van der Waals surface area contributed by atoms with Crippen LogP contribution in [0.2, 0.25) is 0 Å². The average molecular weight is 549 g/mol. The van der Waals surface area contributed by atoms with Crippen LogP contribution >= 0.6 is 0 Å². The van der Waals surface area contributed by atoms with Crippen LogP contribution in [0.25, 0.3) is 44.5 Å². The minimum atomic E-state index is -0.609. The van der Waals surface area contributed by atoms with E-state index >= 15 is 0 Å². The van der Waals surface area contributed by atoms with Crippen LogP contribution in [0, 0.1) is 30.5 Å². The van der Waals surface area contributed by atoms with Crippen molar-refractivity contribution < 1.29 is 18.7 Å². The molecule has 208 valence electrons. The van der Waals surface area contributed by atoms with E-state index in [2.05, 4.69) is 29.4 Å². The first-order valence-corrected chi connectivity index (χ1v) is 14.8. The maximum Gasteiger partial charge on any atom is 0.254 e. The number of phenolic OH excluding ortho intramolecular Hbond substituents is 1. The second-order valence-corrected chi connectivity index (χ2v) is 12.5. The first-order chi connectivity index (χ1) is 19.9. The van der Waals surface area contributed by atoms with Gasteiger partial charge in [-0.25, -0.2) is 4.39 Å². The van der Waals surface area contributed by atoms with Crippen molar-refractivity contribution in [1.29, 1.82) is 0 Å². The third-order valence-corrected chi connectivity index (χ3v) is 10.0. The molecule has 3 heterocycles. The molecule has 3 aromatic carbocycles. The number of aromatic hydroxyl groups is 1. The van der Waals surface area contributed by atoms with Crippen LogP contribution in [0.4, 0.5) is 4.39 Å². The molecule has 5 aromatic rings. The van der Waals surface area contributed by atoms with Crippen LogP contribution in [-0.2, 0) is 6.54 Å². The van der Waals surface area contributed by atoms with Gasteiger partial charge in [-0.05, 0) is 86.3 Å². The van der Waals surface area contributed by atoms with E-state index in [0.717, 1.165) is 64.0 Å². The predicted octanol–water partition coefficient (Wildman–Crippen LogP) is 8.16. The normalized spacial score (nSPS) is 21.9. The summed E-state index contributed by atoms with van der Waals surface area (Å²) in [6.45, 7) is 6.09. The number of furan rings is 1. The Morgan fingerprint density at radius 2 is 1.90 bits per heavy atom. The highest BCUT2D eigenvalue weighted by atomic mass is 19.1. The van der Waals surface area contributed by atoms with Gasteiger partial charge >= 0.3 is 0 Å². The van der Waals surface area contributed by atoms with Gasteiger partial charge in [-0.2, -0.15) is 0 Å². The number of carbonyl (C=O) groups is 1. The summed E-state index contributed by atoms with van der Waals surface area (Å²) in [7, 11) is 0. The molecule has 2 aliphatic carbocycles. The molecule has 6 heteroatoms. The van der Waals surface area contributed by atoms with E-state index in [1.54, 1.807) is 12.1 Å². The number of piperidine rings is 1. The van der Waals surface area contributed by atoms with Crippen molar-refractivity contribution in [1.82, 2.24) is 9.47 Å². The summed E-state index contributed by atoms with van der Waals surface area (Å²) < 4.78 is 23.7. The summed E-state index contributed by atoms with van der Waals surface area (Å²) in [5.41, 5.74) is 5.58.